The Balaban J connectivity index is 2.92. The van der Waals surface area contributed by atoms with Crippen LogP contribution in [0.1, 0.15) is 5.56 Å². The first-order valence-electron chi connectivity index (χ1n) is 3.74. The first-order valence-corrected chi connectivity index (χ1v) is 3.74. The molecular formula is C8H10N4. The Kier molecular flexibility index (Phi) is 1.30. The van der Waals surface area contributed by atoms with Crippen LogP contribution in [0.3, 0.4) is 0 Å². The molecule has 0 radical (unpaired) electrons. The van der Waals surface area contributed by atoms with E-state index in [4.69, 9.17) is 5.73 Å². The lowest BCUT2D eigenvalue weighted by atomic mass is 10.2. The summed E-state index contributed by atoms with van der Waals surface area (Å²) >= 11 is 0. The zero-order valence-corrected chi connectivity index (χ0v) is 7.07. The fraction of sp³-hybridized carbons (Fsp3) is 0.250. The molecule has 1 heterocycles. The molecule has 0 fully saturated rings. The minimum absolute atomic E-state index is 0.693. The van der Waals surface area contributed by atoms with E-state index >= 15 is 0 Å². The quantitative estimate of drug-likeness (QED) is 0.584. The summed E-state index contributed by atoms with van der Waals surface area (Å²) in [7, 11) is 1.86. The summed E-state index contributed by atoms with van der Waals surface area (Å²) in [5.74, 6) is 0. The van der Waals surface area contributed by atoms with Gasteiger partial charge in [-0.05, 0) is 24.6 Å². The van der Waals surface area contributed by atoms with Gasteiger partial charge in [0.05, 0.1) is 11.2 Å². The third-order valence-electron chi connectivity index (χ3n) is 1.89. The highest BCUT2D eigenvalue weighted by molar-refractivity contribution is 5.87. The lowest BCUT2D eigenvalue weighted by Crippen LogP contribution is -1.91. The van der Waals surface area contributed by atoms with Gasteiger partial charge in [0, 0.05) is 7.05 Å². The molecule has 2 rings (SSSR count). The van der Waals surface area contributed by atoms with Crippen molar-refractivity contribution in [2.24, 2.45) is 7.05 Å². The Morgan fingerprint density at radius 2 is 2.17 bits per heavy atom. The normalized spacial score (nSPS) is 10.8. The minimum atomic E-state index is 0.693. The number of aryl methyl sites for hydroxylation is 2. The van der Waals surface area contributed by atoms with E-state index in [0.29, 0.717) is 5.69 Å². The fourth-order valence-corrected chi connectivity index (χ4v) is 1.30. The van der Waals surface area contributed by atoms with Crippen LogP contribution in [0.15, 0.2) is 12.1 Å². The van der Waals surface area contributed by atoms with Crippen molar-refractivity contribution in [2.75, 3.05) is 5.73 Å². The molecule has 4 heteroatoms. The molecule has 0 saturated carbocycles. The second kappa shape index (κ2) is 2.20. The third kappa shape index (κ3) is 0.845. The topological polar surface area (TPSA) is 56.7 Å². The van der Waals surface area contributed by atoms with Gasteiger partial charge < -0.3 is 5.73 Å². The molecule has 0 saturated heterocycles. The van der Waals surface area contributed by atoms with Crippen LogP contribution in [0, 0.1) is 6.92 Å². The number of fused-ring (bicyclic) bond motifs is 1. The lowest BCUT2D eigenvalue weighted by Gasteiger charge is -1.97. The van der Waals surface area contributed by atoms with Gasteiger partial charge in [-0.3, -0.25) is 0 Å². The molecule has 62 valence electrons. The van der Waals surface area contributed by atoms with Crippen molar-refractivity contribution in [3.63, 3.8) is 0 Å². The van der Waals surface area contributed by atoms with E-state index in [9.17, 15) is 0 Å². The van der Waals surface area contributed by atoms with Gasteiger partial charge in [-0.25, -0.2) is 4.68 Å². The van der Waals surface area contributed by atoms with Crippen molar-refractivity contribution < 1.29 is 0 Å². The highest BCUT2D eigenvalue weighted by atomic mass is 15.4. The number of nitrogen functional groups attached to an aromatic ring is 1. The van der Waals surface area contributed by atoms with Crippen LogP contribution in [0.5, 0.6) is 0 Å². The largest absolute Gasteiger partial charge is 0.397 e. The van der Waals surface area contributed by atoms with Crippen LogP contribution < -0.4 is 5.73 Å². The van der Waals surface area contributed by atoms with Crippen molar-refractivity contribution in [3.8, 4) is 0 Å². The summed E-state index contributed by atoms with van der Waals surface area (Å²) in [6, 6.07) is 3.92. The molecule has 0 aliphatic carbocycles. The average Bonchev–Trinajstić information content (AvgIpc) is 2.33. The Bertz CT molecular complexity index is 430. The predicted octanol–water partition coefficient (Wildman–Crippen LogP) is 0.859. The third-order valence-corrected chi connectivity index (χ3v) is 1.89. The molecule has 4 nitrogen and oxygen atoms in total. The first kappa shape index (κ1) is 7.09. The van der Waals surface area contributed by atoms with Crippen LogP contribution in [0.25, 0.3) is 11.0 Å². The number of nitrogens with two attached hydrogens (primary N) is 1. The summed E-state index contributed by atoms with van der Waals surface area (Å²) in [6.45, 7) is 2.00. The molecule has 1 aromatic heterocycles. The molecular weight excluding hydrogens is 152 g/mol. The van der Waals surface area contributed by atoms with Crippen molar-refractivity contribution in [1.82, 2.24) is 15.0 Å². The molecule has 0 unspecified atom stereocenters. The van der Waals surface area contributed by atoms with Crippen molar-refractivity contribution in [2.45, 2.75) is 6.92 Å². The summed E-state index contributed by atoms with van der Waals surface area (Å²) in [5, 5.41) is 7.83. The zero-order valence-electron chi connectivity index (χ0n) is 7.07. The summed E-state index contributed by atoms with van der Waals surface area (Å²) in [4.78, 5) is 0. The number of hydrogen-bond donors (Lipinski definition) is 1. The van der Waals surface area contributed by atoms with Crippen LogP contribution in [0.2, 0.25) is 0 Å². The van der Waals surface area contributed by atoms with E-state index in [1.807, 2.05) is 26.1 Å². The van der Waals surface area contributed by atoms with E-state index in [2.05, 4.69) is 10.3 Å². The van der Waals surface area contributed by atoms with E-state index in [0.717, 1.165) is 16.6 Å². The minimum Gasteiger partial charge on any atom is -0.397 e. The van der Waals surface area contributed by atoms with Gasteiger partial charge in [0.25, 0.3) is 0 Å². The SMILES string of the molecule is Cc1cc(N)c2nnn(C)c2c1. The summed E-state index contributed by atoms with van der Waals surface area (Å²) in [5.41, 5.74) is 9.34. The smallest absolute Gasteiger partial charge is 0.136 e. The Labute approximate surface area is 70.0 Å². The molecule has 0 amide bonds. The average molecular weight is 162 g/mol. The van der Waals surface area contributed by atoms with Gasteiger partial charge in [-0.1, -0.05) is 5.21 Å². The number of hydrogen-bond acceptors (Lipinski definition) is 3. The molecule has 0 spiro atoms. The highest BCUT2D eigenvalue weighted by Gasteiger charge is 2.04. The molecule has 2 aromatic rings. The van der Waals surface area contributed by atoms with E-state index in [-0.39, 0.29) is 0 Å². The van der Waals surface area contributed by atoms with Gasteiger partial charge in [0.1, 0.15) is 5.52 Å². The number of rotatable bonds is 0. The van der Waals surface area contributed by atoms with Gasteiger partial charge in [-0.2, -0.15) is 0 Å². The maximum Gasteiger partial charge on any atom is 0.136 e. The molecule has 12 heavy (non-hydrogen) atoms. The maximum absolute atomic E-state index is 5.75. The first-order chi connectivity index (χ1) is 5.68. The second-order valence-electron chi connectivity index (χ2n) is 2.93. The van der Waals surface area contributed by atoms with Crippen LogP contribution in [-0.4, -0.2) is 15.0 Å². The van der Waals surface area contributed by atoms with Crippen LogP contribution in [-0.2, 0) is 7.05 Å². The standard InChI is InChI=1S/C8H10N4/c1-5-3-6(9)8-7(4-5)12(2)11-10-8/h3-4H,9H2,1-2H3. The van der Waals surface area contributed by atoms with Gasteiger partial charge in [-0.15, -0.1) is 5.10 Å². The number of aromatic nitrogens is 3. The van der Waals surface area contributed by atoms with E-state index < -0.39 is 0 Å². The van der Waals surface area contributed by atoms with Crippen molar-refractivity contribution in [3.05, 3.63) is 17.7 Å². The molecule has 1 aromatic carbocycles. The number of nitrogens with zero attached hydrogens (tertiary/aromatic N) is 3. The molecule has 0 atom stereocenters. The van der Waals surface area contributed by atoms with Crippen LogP contribution >= 0.6 is 0 Å². The molecule has 2 N–H and O–H groups in total. The molecule has 0 bridgehead atoms. The summed E-state index contributed by atoms with van der Waals surface area (Å²) in [6.07, 6.45) is 0. The molecule has 0 aliphatic heterocycles. The zero-order chi connectivity index (χ0) is 8.72. The molecule has 0 aliphatic rings. The number of anilines is 1. The van der Waals surface area contributed by atoms with Gasteiger partial charge in [0.2, 0.25) is 0 Å². The van der Waals surface area contributed by atoms with Crippen LogP contribution in [0.4, 0.5) is 5.69 Å². The summed E-state index contributed by atoms with van der Waals surface area (Å²) < 4.78 is 1.72. The Morgan fingerprint density at radius 1 is 1.42 bits per heavy atom. The maximum atomic E-state index is 5.75. The Morgan fingerprint density at radius 3 is 2.92 bits per heavy atom. The number of benzene rings is 1. The lowest BCUT2D eigenvalue weighted by molar-refractivity contribution is 0.736. The van der Waals surface area contributed by atoms with Crippen molar-refractivity contribution in [1.29, 1.82) is 0 Å². The van der Waals surface area contributed by atoms with Crippen molar-refractivity contribution >= 4 is 16.7 Å². The van der Waals surface area contributed by atoms with E-state index in [1.54, 1.807) is 4.68 Å². The van der Waals surface area contributed by atoms with E-state index in [1.165, 1.54) is 0 Å². The fourth-order valence-electron chi connectivity index (χ4n) is 1.30. The van der Waals surface area contributed by atoms with Gasteiger partial charge >= 0.3 is 0 Å². The van der Waals surface area contributed by atoms with Gasteiger partial charge in [0.15, 0.2) is 0 Å². The monoisotopic (exact) mass is 162 g/mol. The predicted molar refractivity (Wildman–Crippen MR) is 47.7 cm³/mol. The highest BCUT2D eigenvalue weighted by Crippen LogP contribution is 2.19. The second-order valence-corrected chi connectivity index (χ2v) is 2.93. The Hall–Kier alpha value is -1.58.